The molecular formula is C21H14FN3S. The molecule has 5 heteroatoms. The first-order chi connectivity index (χ1) is 12.7. The molecule has 0 saturated heterocycles. The highest BCUT2D eigenvalue weighted by Crippen LogP contribution is 2.35. The Labute approximate surface area is 153 Å². The number of thiophene rings is 1. The zero-order valence-electron chi connectivity index (χ0n) is 14.0. The topological polar surface area (TPSA) is 30.7 Å². The van der Waals surface area contributed by atoms with E-state index in [0.29, 0.717) is 11.4 Å². The molecule has 0 atom stereocenters. The molecule has 4 aromatic heterocycles. The number of benzene rings is 1. The third kappa shape index (κ3) is 2.24. The molecule has 0 aliphatic carbocycles. The van der Waals surface area contributed by atoms with Gasteiger partial charge in [-0.3, -0.25) is 4.98 Å². The monoisotopic (exact) mass is 359 g/mol. The number of para-hydroxylation sites is 1. The van der Waals surface area contributed by atoms with Gasteiger partial charge in [0.15, 0.2) is 5.82 Å². The summed E-state index contributed by atoms with van der Waals surface area (Å²) in [5, 5.41) is 1.76. The van der Waals surface area contributed by atoms with Crippen LogP contribution in [0.1, 0.15) is 4.88 Å². The van der Waals surface area contributed by atoms with Crippen molar-refractivity contribution in [1.29, 1.82) is 0 Å². The molecule has 0 N–H and O–H groups in total. The molecule has 126 valence electrons. The second-order valence-corrected chi connectivity index (χ2v) is 7.46. The van der Waals surface area contributed by atoms with Gasteiger partial charge in [0.05, 0.1) is 21.6 Å². The van der Waals surface area contributed by atoms with Crippen molar-refractivity contribution in [3.8, 4) is 16.3 Å². The molecule has 0 unspecified atom stereocenters. The maximum Gasteiger partial charge on any atom is 0.174 e. The normalized spacial score (nSPS) is 11.5. The van der Waals surface area contributed by atoms with E-state index >= 15 is 4.39 Å². The maximum atomic E-state index is 15.7. The molecule has 0 aliphatic heterocycles. The fourth-order valence-corrected chi connectivity index (χ4v) is 4.16. The van der Waals surface area contributed by atoms with E-state index in [-0.39, 0.29) is 5.82 Å². The van der Waals surface area contributed by atoms with Gasteiger partial charge in [-0.15, -0.1) is 11.3 Å². The smallest absolute Gasteiger partial charge is 0.174 e. The molecule has 4 heterocycles. The van der Waals surface area contributed by atoms with Gasteiger partial charge in [-0.25, -0.2) is 9.37 Å². The van der Waals surface area contributed by atoms with Crippen molar-refractivity contribution in [3.63, 3.8) is 0 Å². The van der Waals surface area contributed by atoms with E-state index in [0.717, 1.165) is 31.6 Å². The average Bonchev–Trinajstić information content (AvgIpc) is 3.28. The predicted molar refractivity (Wildman–Crippen MR) is 104 cm³/mol. The van der Waals surface area contributed by atoms with Crippen molar-refractivity contribution >= 4 is 33.1 Å². The molecule has 1 aromatic carbocycles. The lowest BCUT2D eigenvalue weighted by Crippen LogP contribution is -2.02. The Kier molecular flexibility index (Phi) is 3.36. The number of aryl methyl sites for hydroxylation is 1. The van der Waals surface area contributed by atoms with Crippen LogP contribution in [0.3, 0.4) is 0 Å². The van der Waals surface area contributed by atoms with Crippen LogP contribution >= 0.6 is 11.3 Å². The number of nitrogens with zero attached hydrogens (tertiary/aromatic N) is 3. The van der Waals surface area contributed by atoms with Crippen LogP contribution in [0.5, 0.6) is 0 Å². The third-order valence-corrected chi connectivity index (χ3v) is 5.52. The Morgan fingerprint density at radius 3 is 2.77 bits per heavy atom. The van der Waals surface area contributed by atoms with Gasteiger partial charge in [-0.05, 0) is 37.3 Å². The van der Waals surface area contributed by atoms with E-state index in [1.54, 1.807) is 23.7 Å². The average molecular weight is 359 g/mol. The quantitative estimate of drug-likeness (QED) is 0.402. The van der Waals surface area contributed by atoms with E-state index in [1.807, 2.05) is 66.2 Å². The summed E-state index contributed by atoms with van der Waals surface area (Å²) >= 11 is 1.55. The summed E-state index contributed by atoms with van der Waals surface area (Å²) in [7, 11) is 0. The second-order valence-electron chi connectivity index (χ2n) is 6.17. The Hall–Kier alpha value is -3.05. The minimum atomic E-state index is -0.306. The van der Waals surface area contributed by atoms with Crippen LogP contribution < -0.4 is 0 Å². The molecule has 5 aromatic rings. The summed E-state index contributed by atoms with van der Waals surface area (Å²) in [6.07, 6.45) is 5.40. The summed E-state index contributed by atoms with van der Waals surface area (Å²) in [6, 6.07) is 15.5. The van der Waals surface area contributed by atoms with Gasteiger partial charge < -0.3 is 4.57 Å². The molecule has 0 amide bonds. The zero-order valence-corrected chi connectivity index (χ0v) is 14.8. The summed E-state index contributed by atoms with van der Waals surface area (Å²) < 4.78 is 17.6. The van der Waals surface area contributed by atoms with E-state index in [4.69, 9.17) is 0 Å². The van der Waals surface area contributed by atoms with Crippen molar-refractivity contribution < 1.29 is 4.39 Å². The minimum Gasteiger partial charge on any atom is -0.313 e. The van der Waals surface area contributed by atoms with Crippen LogP contribution in [-0.4, -0.2) is 14.5 Å². The molecule has 0 spiro atoms. The van der Waals surface area contributed by atoms with Crippen LogP contribution in [0.4, 0.5) is 4.39 Å². The molecule has 3 nitrogen and oxygen atoms in total. The second kappa shape index (κ2) is 5.75. The Balaban J connectivity index is 1.90. The number of fused-ring (bicyclic) bond motifs is 2. The van der Waals surface area contributed by atoms with Crippen molar-refractivity contribution in [2.75, 3.05) is 0 Å². The van der Waals surface area contributed by atoms with Gasteiger partial charge in [-0.1, -0.05) is 18.2 Å². The standard InChI is InChI=1S/C21H14FN3S/c1-13-6-7-18(26-13)20-19(22)21(15-4-2-3-5-16(15)24-20)25-11-9-14-12-23-10-8-17(14)25/h2-12H,1H3. The van der Waals surface area contributed by atoms with Gasteiger partial charge in [0.25, 0.3) is 0 Å². The minimum absolute atomic E-state index is 0.306. The molecular weight excluding hydrogens is 345 g/mol. The summed E-state index contributed by atoms with van der Waals surface area (Å²) in [6.45, 7) is 2.01. The van der Waals surface area contributed by atoms with Gasteiger partial charge >= 0.3 is 0 Å². The van der Waals surface area contributed by atoms with E-state index in [2.05, 4.69) is 9.97 Å². The summed E-state index contributed by atoms with van der Waals surface area (Å²) in [4.78, 5) is 10.7. The van der Waals surface area contributed by atoms with E-state index < -0.39 is 0 Å². The molecule has 0 fully saturated rings. The summed E-state index contributed by atoms with van der Waals surface area (Å²) in [5.41, 5.74) is 2.62. The molecule has 5 rings (SSSR count). The van der Waals surface area contributed by atoms with Crippen LogP contribution in [0.2, 0.25) is 0 Å². The fraction of sp³-hybridized carbons (Fsp3) is 0.0476. The van der Waals surface area contributed by atoms with Gasteiger partial charge in [-0.2, -0.15) is 0 Å². The van der Waals surface area contributed by atoms with Crippen LogP contribution in [-0.2, 0) is 0 Å². The number of hydrogen-bond acceptors (Lipinski definition) is 3. The van der Waals surface area contributed by atoms with Crippen LogP contribution in [0, 0.1) is 12.7 Å². The fourth-order valence-electron chi connectivity index (χ4n) is 3.31. The number of rotatable bonds is 2. The molecule has 0 saturated carbocycles. The predicted octanol–water partition coefficient (Wildman–Crippen LogP) is 5.75. The highest BCUT2D eigenvalue weighted by atomic mass is 32.1. The SMILES string of the molecule is Cc1ccc(-c2nc3ccccc3c(-n3ccc4cnccc43)c2F)s1. The highest BCUT2D eigenvalue weighted by molar-refractivity contribution is 7.15. The van der Waals surface area contributed by atoms with E-state index in [1.165, 1.54) is 0 Å². The maximum absolute atomic E-state index is 15.7. The third-order valence-electron chi connectivity index (χ3n) is 4.51. The molecule has 0 aliphatic rings. The Bertz CT molecular complexity index is 1270. The van der Waals surface area contributed by atoms with Gasteiger partial charge in [0.2, 0.25) is 0 Å². The number of halogens is 1. The van der Waals surface area contributed by atoms with Crippen LogP contribution in [0.25, 0.3) is 38.1 Å². The molecule has 26 heavy (non-hydrogen) atoms. The first-order valence-corrected chi connectivity index (χ1v) is 9.10. The van der Waals surface area contributed by atoms with Crippen molar-refractivity contribution in [1.82, 2.24) is 14.5 Å². The van der Waals surface area contributed by atoms with Crippen molar-refractivity contribution in [2.45, 2.75) is 6.92 Å². The Morgan fingerprint density at radius 1 is 1.04 bits per heavy atom. The Morgan fingerprint density at radius 2 is 1.92 bits per heavy atom. The first-order valence-electron chi connectivity index (χ1n) is 8.29. The van der Waals surface area contributed by atoms with Crippen LogP contribution in [0.15, 0.2) is 67.1 Å². The summed E-state index contributed by atoms with van der Waals surface area (Å²) in [5.74, 6) is -0.306. The number of aromatic nitrogens is 3. The molecule has 0 radical (unpaired) electrons. The number of pyridine rings is 2. The molecule has 0 bridgehead atoms. The van der Waals surface area contributed by atoms with Crippen molar-refractivity contribution in [2.24, 2.45) is 0 Å². The van der Waals surface area contributed by atoms with Crippen molar-refractivity contribution in [3.05, 3.63) is 77.8 Å². The lowest BCUT2D eigenvalue weighted by Gasteiger charge is -2.13. The lowest BCUT2D eigenvalue weighted by atomic mass is 10.1. The van der Waals surface area contributed by atoms with Gasteiger partial charge in [0.1, 0.15) is 5.69 Å². The number of hydrogen-bond donors (Lipinski definition) is 0. The largest absolute Gasteiger partial charge is 0.313 e. The first kappa shape index (κ1) is 15.2. The van der Waals surface area contributed by atoms with E-state index in [9.17, 15) is 0 Å². The van der Waals surface area contributed by atoms with Gasteiger partial charge in [0, 0.05) is 34.2 Å². The highest BCUT2D eigenvalue weighted by Gasteiger charge is 2.19. The lowest BCUT2D eigenvalue weighted by molar-refractivity contribution is 0.621. The zero-order chi connectivity index (χ0) is 17.7.